The molecule has 0 bridgehead atoms. The van der Waals surface area contributed by atoms with E-state index in [0.29, 0.717) is 39.8 Å². The summed E-state index contributed by atoms with van der Waals surface area (Å²) in [5.74, 6) is -0.203. The smallest absolute Gasteiger partial charge is 0.272 e. The molecule has 55 heavy (non-hydrogen) atoms. The molecule has 6 rings (SSSR count). The minimum atomic E-state index is -0.690. The summed E-state index contributed by atoms with van der Waals surface area (Å²) in [6.07, 6.45) is 1.45. The molecule has 1 aliphatic rings. The molecule has 0 saturated heterocycles. The average Bonchev–Trinajstić information content (AvgIpc) is 3.59. The molecule has 1 heterocycles. The van der Waals surface area contributed by atoms with Crippen LogP contribution < -0.4 is 35.2 Å². The zero-order chi connectivity index (χ0) is 38.7. The zero-order valence-corrected chi connectivity index (χ0v) is 31.0. The van der Waals surface area contributed by atoms with E-state index in [4.69, 9.17) is 14.2 Å². The molecule has 0 aliphatic carbocycles. The third kappa shape index (κ3) is 9.39. The van der Waals surface area contributed by atoms with Gasteiger partial charge in [0.05, 0.1) is 33.4 Å². The number of rotatable bonds is 13. The lowest BCUT2D eigenvalue weighted by Gasteiger charge is -2.17. The van der Waals surface area contributed by atoms with E-state index < -0.39 is 17.1 Å². The van der Waals surface area contributed by atoms with Gasteiger partial charge in [0.1, 0.15) is 22.5 Å². The van der Waals surface area contributed by atoms with Crippen LogP contribution in [0.2, 0.25) is 0 Å². The molecule has 0 fully saturated rings. The number of thioether (sulfide) groups is 1. The van der Waals surface area contributed by atoms with Crippen LogP contribution in [0.1, 0.15) is 33.2 Å². The molecule has 3 N–H and O–H groups in total. The Morgan fingerprint density at radius 3 is 1.98 bits per heavy atom. The van der Waals surface area contributed by atoms with Gasteiger partial charge in [0, 0.05) is 27.8 Å². The van der Waals surface area contributed by atoms with E-state index in [0.717, 1.165) is 10.5 Å². The van der Waals surface area contributed by atoms with E-state index in [1.165, 1.54) is 44.2 Å². The van der Waals surface area contributed by atoms with E-state index in [1.54, 1.807) is 78.9 Å². The predicted octanol–water partition coefficient (Wildman–Crippen LogP) is 6.82. The summed E-state index contributed by atoms with van der Waals surface area (Å²) in [6, 6.07) is 37.0. The number of benzene rings is 5. The number of carbonyl (C=O) groups excluding carboxylic acids is 4. The summed E-state index contributed by atoms with van der Waals surface area (Å²) in [6.45, 7) is 0. The van der Waals surface area contributed by atoms with Gasteiger partial charge < -0.3 is 30.2 Å². The lowest BCUT2D eigenvalue weighted by molar-refractivity contribution is -0.119. The van der Waals surface area contributed by atoms with Crippen molar-refractivity contribution >= 4 is 58.7 Å². The Bertz CT molecular complexity index is 2230. The minimum Gasteiger partial charge on any atom is -0.496 e. The zero-order valence-electron chi connectivity index (χ0n) is 30.1. The molecular weight excluding hydrogens is 719 g/mol. The van der Waals surface area contributed by atoms with Crippen LogP contribution in [0, 0.1) is 0 Å². The third-order valence-electron chi connectivity index (χ3n) is 8.31. The van der Waals surface area contributed by atoms with Crippen LogP contribution in [-0.2, 0) is 14.4 Å². The van der Waals surface area contributed by atoms with Crippen molar-refractivity contribution in [3.05, 3.63) is 150 Å². The summed E-state index contributed by atoms with van der Waals surface area (Å²) in [5.41, 5.74) is 2.56. The van der Waals surface area contributed by atoms with E-state index in [1.807, 2.05) is 48.5 Å². The minimum absolute atomic E-state index is 0.0395. The molecule has 0 radical (unpaired) electrons. The average molecular weight is 756 g/mol. The number of anilines is 2. The molecule has 0 aromatic heterocycles. The van der Waals surface area contributed by atoms with Crippen LogP contribution in [0.15, 0.2) is 143 Å². The summed E-state index contributed by atoms with van der Waals surface area (Å²) in [7, 11) is 4.47. The first-order valence-electron chi connectivity index (χ1n) is 17.0. The van der Waals surface area contributed by atoms with Gasteiger partial charge in [-0.2, -0.15) is 10.1 Å². The largest absolute Gasteiger partial charge is 0.496 e. The highest BCUT2D eigenvalue weighted by atomic mass is 32.2. The summed E-state index contributed by atoms with van der Waals surface area (Å²) in [5, 5.41) is 13.4. The molecule has 0 spiro atoms. The van der Waals surface area contributed by atoms with Crippen molar-refractivity contribution < 1.29 is 33.4 Å². The number of hydrogen-bond donors (Lipinski definition) is 3. The molecular formula is C42H37N5O7S. The van der Waals surface area contributed by atoms with Gasteiger partial charge >= 0.3 is 0 Å². The molecule has 278 valence electrons. The van der Waals surface area contributed by atoms with Gasteiger partial charge in [0.2, 0.25) is 5.91 Å². The maximum atomic E-state index is 13.8. The lowest BCUT2D eigenvalue weighted by atomic mass is 10.1. The van der Waals surface area contributed by atoms with Crippen LogP contribution in [0.4, 0.5) is 11.4 Å². The van der Waals surface area contributed by atoms with E-state index in [9.17, 15) is 19.2 Å². The number of nitrogens with one attached hydrogen (secondary N) is 3. The number of methoxy groups -OCH3 is 3. The first-order valence-corrected chi connectivity index (χ1v) is 17.9. The highest BCUT2D eigenvalue weighted by Crippen LogP contribution is 2.37. The van der Waals surface area contributed by atoms with Gasteiger partial charge in [0.25, 0.3) is 17.7 Å². The summed E-state index contributed by atoms with van der Waals surface area (Å²) in [4.78, 5) is 54.2. The number of ether oxygens (including phenoxy) is 3. The standard InChI is InChI=1S/C42H37N5O7S/c1-52-34-25-36(54-3)35(53-2)24-29(34)23-33(44-40(49)28-15-9-5-10-16-28)41(50)43-30-19-21-32(22-20-30)55-39(27-13-7-4-8-14-27)42(51)45-37-26-38(48)47(46-37)31-17-11-6-12-18-31/h4-25,39H,26H2,1-3H3,(H,43,50)(H,44,49)(H,45,46,51)/b33-23-. The van der Waals surface area contributed by atoms with Gasteiger partial charge in [-0.05, 0) is 66.2 Å². The van der Waals surface area contributed by atoms with Crippen molar-refractivity contribution in [2.45, 2.75) is 16.6 Å². The first-order chi connectivity index (χ1) is 26.8. The SMILES string of the molecule is COc1cc(OC)c(OC)cc1/C=C(\NC(=O)c1ccccc1)C(=O)Nc1ccc(SC(C(=O)NC2=NN(c3ccccc3)C(=O)C2)c2ccccc2)cc1. The highest BCUT2D eigenvalue weighted by Gasteiger charge is 2.29. The molecule has 5 aromatic rings. The monoisotopic (exact) mass is 755 g/mol. The van der Waals surface area contributed by atoms with Gasteiger partial charge in [-0.25, -0.2) is 0 Å². The van der Waals surface area contributed by atoms with Gasteiger partial charge in [-0.1, -0.05) is 66.7 Å². The van der Waals surface area contributed by atoms with Crippen LogP contribution in [-0.4, -0.2) is 50.8 Å². The van der Waals surface area contributed by atoms with Crippen LogP contribution in [0.3, 0.4) is 0 Å². The van der Waals surface area contributed by atoms with Crippen molar-refractivity contribution in [2.75, 3.05) is 31.7 Å². The van der Waals surface area contributed by atoms with Crippen molar-refractivity contribution in [3.8, 4) is 17.2 Å². The molecule has 1 atom stereocenters. The summed E-state index contributed by atoms with van der Waals surface area (Å²) < 4.78 is 16.4. The summed E-state index contributed by atoms with van der Waals surface area (Å²) >= 11 is 1.30. The normalized spacial score (nSPS) is 13.0. The first kappa shape index (κ1) is 37.9. The van der Waals surface area contributed by atoms with Crippen LogP contribution in [0.5, 0.6) is 17.2 Å². The fourth-order valence-electron chi connectivity index (χ4n) is 5.59. The van der Waals surface area contributed by atoms with E-state index in [2.05, 4.69) is 21.1 Å². The predicted molar refractivity (Wildman–Crippen MR) is 212 cm³/mol. The number of amidine groups is 1. The second kappa shape index (κ2) is 17.8. The van der Waals surface area contributed by atoms with Crippen LogP contribution in [0.25, 0.3) is 6.08 Å². The Hall–Kier alpha value is -6.86. The molecule has 1 aliphatic heterocycles. The maximum absolute atomic E-state index is 13.8. The molecule has 12 nitrogen and oxygen atoms in total. The highest BCUT2D eigenvalue weighted by molar-refractivity contribution is 8.00. The molecule has 1 unspecified atom stereocenters. The number of nitrogens with zero attached hydrogens (tertiary/aromatic N) is 2. The Labute approximate surface area is 322 Å². The third-order valence-corrected chi connectivity index (χ3v) is 9.58. The Balaban J connectivity index is 1.21. The maximum Gasteiger partial charge on any atom is 0.272 e. The van der Waals surface area contributed by atoms with Crippen molar-refractivity contribution in [3.63, 3.8) is 0 Å². The van der Waals surface area contributed by atoms with Gasteiger partial charge in [-0.3, -0.25) is 19.2 Å². The van der Waals surface area contributed by atoms with Crippen molar-refractivity contribution in [2.24, 2.45) is 5.10 Å². The Morgan fingerprint density at radius 1 is 0.745 bits per heavy atom. The van der Waals surface area contributed by atoms with Crippen molar-refractivity contribution in [1.29, 1.82) is 0 Å². The molecule has 4 amide bonds. The molecule has 13 heteroatoms. The quantitative estimate of drug-likeness (QED) is 0.0877. The topological polar surface area (TPSA) is 148 Å². The number of hydrazone groups is 1. The van der Waals surface area contributed by atoms with Crippen LogP contribution >= 0.6 is 11.8 Å². The lowest BCUT2D eigenvalue weighted by Crippen LogP contribution is -2.33. The fraction of sp³-hybridized carbons (Fsp3) is 0.119. The van der Waals surface area contributed by atoms with Crippen molar-refractivity contribution in [1.82, 2.24) is 10.6 Å². The fourth-order valence-corrected chi connectivity index (χ4v) is 6.62. The molecule has 0 saturated carbocycles. The van der Waals surface area contributed by atoms with E-state index >= 15 is 0 Å². The van der Waals surface area contributed by atoms with Gasteiger partial charge in [0.15, 0.2) is 11.5 Å². The second-order valence-electron chi connectivity index (χ2n) is 12.0. The Morgan fingerprint density at radius 2 is 1.35 bits per heavy atom. The Kier molecular flexibility index (Phi) is 12.2. The molecule has 5 aromatic carbocycles. The van der Waals surface area contributed by atoms with E-state index in [-0.39, 0.29) is 29.8 Å². The number of para-hydroxylation sites is 1. The van der Waals surface area contributed by atoms with Gasteiger partial charge in [-0.15, -0.1) is 11.8 Å². The number of carbonyl (C=O) groups is 4. The number of hydrogen-bond acceptors (Lipinski definition) is 9. The number of amides is 4. The second-order valence-corrected chi connectivity index (χ2v) is 13.1.